The average Bonchev–Trinajstić information content (AvgIpc) is 2.64. The molecule has 1 fully saturated rings. The fraction of sp³-hybridized carbons (Fsp3) is 0.929. The van der Waals surface area contributed by atoms with Crippen LogP contribution in [0.25, 0.3) is 0 Å². The summed E-state index contributed by atoms with van der Waals surface area (Å²) in [7, 11) is 0. The lowest BCUT2D eigenvalue weighted by Gasteiger charge is -2.25. The molecule has 3 nitrogen and oxygen atoms in total. The second-order valence-corrected chi connectivity index (χ2v) is 5.83. The van der Waals surface area contributed by atoms with Crippen molar-refractivity contribution in [3.63, 3.8) is 0 Å². The third-order valence-corrected chi connectivity index (χ3v) is 2.99. The van der Waals surface area contributed by atoms with Crippen molar-refractivity contribution in [1.29, 1.82) is 0 Å². The maximum absolute atomic E-state index is 12.0. The largest absolute Gasteiger partial charge is 0.460 e. The van der Waals surface area contributed by atoms with E-state index in [1.807, 2.05) is 20.8 Å². The van der Waals surface area contributed by atoms with Crippen LogP contribution in [0.15, 0.2) is 0 Å². The molecule has 0 aromatic rings. The molecule has 1 aliphatic rings. The molecule has 100 valence electrons. The van der Waals surface area contributed by atoms with Gasteiger partial charge >= 0.3 is 5.97 Å². The number of hydrogen-bond donors (Lipinski definition) is 0. The summed E-state index contributed by atoms with van der Waals surface area (Å²) in [5.74, 6) is -0.137. The number of carbonyl (C=O) groups is 1. The van der Waals surface area contributed by atoms with E-state index in [0.717, 1.165) is 38.7 Å². The lowest BCUT2D eigenvalue weighted by molar-refractivity contribution is -0.164. The first-order valence-electron chi connectivity index (χ1n) is 6.78. The predicted molar refractivity (Wildman–Crippen MR) is 67.8 cm³/mol. The van der Waals surface area contributed by atoms with Crippen LogP contribution >= 0.6 is 0 Å². The first-order valence-corrected chi connectivity index (χ1v) is 6.78. The lowest BCUT2D eigenvalue weighted by Crippen LogP contribution is -2.33. The monoisotopic (exact) mass is 242 g/mol. The van der Waals surface area contributed by atoms with E-state index in [2.05, 4.69) is 6.92 Å². The van der Waals surface area contributed by atoms with Crippen molar-refractivity contribution in [2.75, 3.05) is 6.61 Å². The Morgan fingerprint density at radius 1 is 1.29 bits per heavy atom. The van der Waals surface area contributed by atoms with Crippen LogP contribution in [0.1, 0.15) is 59.8 Å². The van der Waals surface area contributed by atoms with Crippen molar-refractivity contribution >= 4 is 5.97 Å². The second-order valence-electron chi connectivity index (χ2n) is 5.83. The number of hydrogen-bond acceptors (Lipinski definition) is 3. The van der Waals surface area contributed by atoms with Crippen molar-refractivity contribution < 1.29 is 14.3 Å². The van der Waals surface area contributed by atoms with Gasteiger partial charge in [0.25, 0.3) is 0 Å². The molecule has 0 bridgehead atoms. The maximum Gasteiger partial charge on any atom is 0.312 e. The molecule has 3 heteroatoms. The Morgan fingerprint density at radius 2 is 2.00 bits per heavy atom. The van der Waals surface area contributed by atoms with Crippen molar-refractivity contribution in [3.8, 4) is 0 Å². The van der Waals surface area contributed by atoms with E-state index in [1.165, 1.54) is 0 Å². The van der Waals surface area contributed by atoms with Crippen LogP contribution in [-0.2, 0) is 14.3 Å². The number of ether oxygens (including phenoxy) is 2. The van der Waals surface area contributed by atoms with Crippen LogP contribution in [0.5, 0.6) is 0 Å². The SMILES string of the molecule is CCCCOC1CCCC1C(=O)OC(C)(C)C. The van der Waals surface area contributed by atoms with Gasteiger partial charge in [-0.1, -0.05) is 13.3 Å². The number of esters is 1. The Morgan fingerprint density at radius 3 is 2.59 bits per heavy atom. The summed E-state index contributed by atoms with van der Waals surface area (Å²) in [6.07, 6.45) is 5.25. The van der Waals surface area contributed by atoms with Crippen LogP contribution in [0.4, 0.5) is 0 Å². The van der Waals surface area contributed by atoms with Gasteiger partial charge in [-0.15, -0.1) is 0 Å². The molecule has 1 rings (SSSR count). The Bertz CT molecular complexity index is 242. The number of unbranched alkanes of at least 4 members (excludes halogenated alkanes) is 1. The lowest BCUT2D eigenvalue weighted by atomic mass is 10.1. The second kappa shape index (κ2) is 6.39. The van der Waals surface area contributed by atoms with Crippen LogP contribution in [-0.4, -0.2) is 24.3 Å². The molecule has 0 N–H and O–H groups in total. The van der Waals surface area contributed by atoms with Crippen molar-refractivity contribution in [3.05, 3.63) is 0 Å². The highest BCUT2D eigenvalue weighted by molar-refractivity contribution is 5.74. The zero-order valence-electron chi connectivity index (χ0n) is 11.6. The van der Waals surface area contributed by atoms with Gasteiger partial charge in [-0.2, -0.15) is 0 Å². The van der Waals surface area contributed by atoms with Crippen molar-refractivity contribution in [2.45, 2.75) is 71.5 Å². The van der Waals surface area contributed by atoms with E-state index in [9.17, 15) is 4.79 Å². The van der Waals surface area contributed by atoms with Gasteiger partial charge < -0.3 is 9.47 Å². The summed E-state index contributed by atoms with van der Waals surface area (Å²) < 4.78 is 11.2. The predicted octanol–water partition coefficient (Wildman–Crippen LogP) is 3.31. The molecule has 0 aliphatic heterocycles. The molecule has 2 atom stereocenters. The van der Waals surface area contributed by atoms with E-state index >= 15 is 0 Å². The van der Waals surface area contributed by atoms with E-state index in [4.69, 9.17) is 9.47 Å². The topological polar surface area (TPSA) is 35.5 Å². The fourth-order valence-corrected chi connectivity index (χ4v) is 2.15. The molecule has 0 saturated heterocycles. The van der Waals surface area contributed by atoms with Gasteiger partial charge in [0, 0.05) is 6.61 Å². The Kier molecular flexibility index (Phi) is 5.44. The third kappa shape index (κ3) is 5.07. The molecule has 1 aliphatic carbocycles. The molecule has 0 aromatic heterocycles. The average molecular weight is 242 g/mol. The Hall–Kier alpha value is -0.570. The minimum Gasteiger partial charge on any atom is -0.460 e. The minimum atomic E-state index is -0.395. The zero-order valence-corrected chi connectivity index (χ0v) is 11.6. The van der Waals surface area contributed by atoms with Crippen LogP contribution in [0.3, 0.4) is 0 Å². The maximum atomic E-state index is 12.0. The van der Waals surface area contributed by atoms with Crippen LogP contribution < -0.4 is 0 Å². The van der Waals surface area contributed by atoms with Gasteiger partial charge in [-0.05, 0) is 46.5 Å². The van der Waals surface area contributed by atoms with Gasteiger partial charge in [-0.25, -0.2) is 0 Å². The highest BCUT2D eigenvalue weighted by Crippen LogP contribution is 2.30. The summed E-state index contributed by atoms with van der Waals surface area (Å²) in [6, 6.07) is 0. The first-order chi connectivity index (χ1) is 7.94. The molecular formula is C14H26O3. The molecule has 1 saturated carbocycles. The van der Waals surface area contributed by atoms with Gasteiger partial charge in [0.15, 0.2) is 0 Å². The Labute approximate surface area is 105 Å². The summed E-state index contributed by atoms with van der Waals surface area (Å²) >= 11 is 0. The summed E-state index contributed by atoms with van der Waals surface area (Å²) in [6.45, 7) is 8.64. The highest BCUT2D eigenvalue weighted by Gasteiger charge is 2.36. The molecule has 0 radical (unpaired) electrons. The van der Waals surface area contributed by atoms with Gasteiger partial charge in [0.1, 0.15) is 5.60 Å². The minimum absolute atomic E-state index is 0.0499. The first kappa shape index (κ1) is 14.5. The van der Waals surface area contributed by atoms with Crippen LogP contribution in [0.2, 0.25) is 0 Å². The summed E-state index contributed by atoms with van der Waals surface area (Å²) in [5, 5.41) is 0. The van der Waals surface area contributed by atoms with E-state index < -0.39 is 5.60 Å². The highest BCUT2D eigenvalue weighted by atomic mass is 16.6. The number of rotatable bonds is 5. The number of carbonyl (C=O) groups excluding carboxylic acids is 1. The molecule has 0 heterocycles. The third-order valence-electron chi connectivity index (χ3n) is 2.99. The van der Waals surface area contributed by atoms with Gasteiger partial charge in [0.2, 0.25) is 0 Å². The molecule has 17 heavy (non-hydrogen) atoms. The van der Waals surface area contributed by atoms with E-state index in [1.54, 1.807) is 0 Å². The van der Waals surface area contributed by atoms with E-state index in [0.29, 0.717) is 0 Å². The van der Waals surface area contributed by atoms with E-state index in [-0.39, 0.29) is 18.0 Å². The van der Waals surface area contributed by atoms with Crippen LogP contribution in [0, 0.1) is 5.92 Å². The summed E-state index contributed by atoms with van der Waals surface area (Å²) in [4.78, 5) is 12.0. The molecular weight excluding hydrogens is 216 g/mol. The molecule has 0 spiro atoms. The van der Waals surface area contributed by atoms with Crippen molar-refractivity contribution in [2.24, 2.45) is 5.92 Å². The fourth-order valence-electron chi connectivity index (χ4n) is 2.15. The van der Waals surface area contributed by atoms with Gasteiger partial charge in [-0.3, -0.25) is 4.79 Å². The van der Waals surface area contributed by atoms with Gasteiger partial charge in [0.05, 0.1) is 12.0 Å². The molecule has 2 unspecified atom stereocenters. The standard InChI is InChI=1S/C14H26O3/c1-5-6-10-16-12-9-7-8-11(12)13(15)17-14(2,3)4/h11-12H,5-10H2,1-4H3. The molecule has 0 aromatic carbocycles. The molecule has 0 amide bonds. The quantitative estimate of drug-likeness (QED) is 0.548. The Balaban J connectivity index is 2.42. The smallest absolute Gasteiger partial charge is 0.312 e. The zero-order chi connectivity index (χ0) is 12.9. The van der Waals surface area contributed by atoms with Crippen molar-refractivity contribution in [1.82, 2.24) is 0 Å². The normalized spacial score (nSPS) is 24.9. The summed E-state index contributed by atoms with van der Waals surface area (Å²) in [5.41, 5.74) is -0.395.